The zero-order chi connectivity index (χ0) is 34.6. The number of aliphatic hydroxyl groups excluding tert-OH is 1. The van der Waals surface area contributed by atoms with Crippen LogP contribution in [0.5, 0.6) is 5.75 Å². The number of amides is 1. The van der Waals surface area contributed by atoms with Crippen molar-refractivity contribution >= 4 is 22.6 Å². The minimum absolute atomic E-state index is 0.0219. The SMILES string of the molecule is CCCN(CC1(O)CCC2c3ccc(cc3C(=O)C3CCCCC3)CC(O)CCC(C)=CCCC21C)C(=O)Oc1ccc2ccccc2c1. The van der Waals surface area contributed by atoms with Crippen LogP contribution in [0, 0.1) is 11.3 Å². The molecule has 2 fully saturated rings. The van der Waals surface area contributed by atoms with Crippen LogP contribution in [0.1, 0.15) is 125 Å². The molecule has 0 aliphatic heterocycles. The number of rotatable bonds is 7. The number of Topliss-reactive ketones (excluding diaryl/α,β-unsaturated/α-hetero) is 1. The first kappa shape index (κ1) is 35.3. The predicted octanol–water partition coefficient (Wildman–Crippen LogP) is 9.55. The first-order valence-corrected chi connectivity index (χ1v) is 18.8. The Kier molecular flexibility index (Phi) is 11.0. The number of ether oxygens (including phenoxy) is 1. The van der Waals surface area contributed by atoms with E-state index in [1.165, 1.54) is 12.0 Å². The fourth-order valence-electron chi connectivity index (χ4n) is 9.01. The highest BCUT2D eigenvalue weighted by atomic mass is 16.6. The monoisotopic (exact) mass is 665 g/mol. The van der Waals surface area contributed by atoms with E-state index in [9.17, 15) is 19.8 Å². The summed E-state index contributed by atoms with van der Waals surface area (Å²) >= 11 is 0. The number of carbonyl (C=O) groups is 2. The van der Waals surface area contributed by atoms with Gasteiger partial charge in [-0.05, 0) is 117 Å². The van der Waals surface area contributed by atoms with Gasteiger partial charge in [-0.15, -0.1) is 0 Å². The summed E-state index contributed by atoms with van der Waals surface area (Å²) in [6.07, 6.45) is 12.0. The molecular weight excluding hydrogens is 610 g/mol. The summed E-state index contributed by atoms with van der Waals surface area (Å²) in [4.78, 5) is 29.8. The summed E-state index contributed by atoms with van der Waals surface area (Å²) in [7, 11) is 0. The van der Waals surface area contributed by atoms with E-state index in [0.29, 0.717) is 38.0 Å². The van der Waals surface area contributed by atoms with Gasteiger partial charge in [0.15, 0.2) is 5.78 Å². The molecule has 3 aromatic rings. The van der Waals surface area contributed by atoms with Crippen molar-refractivity contribution in [1.29, 1.82) is 0 Å². The summed E-state index contributed by atoms with van der Waals surface area (Å²) in [6, 6.07) is 19.9. The van der Waals surface area contributed by atoms with E-state index in [4.69, 9.17) is 4.74 Å². The Hall–Kier alpha value is -3.48. The lowest BCUT2D eigenvalue weighted by Gasteiger charge is -2.46. The lowest BCUT2D eigenvalue weighted by Crippen LogP contribution is -2.54. The molecule has 0 saturated heterocycles. The standard InChI is InChI=1S/C43H55NO5/c1-4-25-44(41(47)49-36-20-18-32-12-8-9-15-34(32)28-36)29-43(48)24-22-39-37-21-17-31(27-38(37)40(46)33-13-6-5-7-14-33)26-35(45)19-16-30(2)11-10-23-42(39,43)3/h8-9,11-12,15,17-18,20-21,27-28,33,35,39,45,48H,4-7,10,13-14,16,19,22-26,29H2,1-3H3. The predicted molar refractivity (Wildman–Crippen MR) is 196 cm³/mol. The van der Waals surface area contributed by atoms with Gasteiger partial charge in [-0.25, -0.2) is 4.79 Å². The average Bonchev–Trinajstić information content (AvgIpc) is 3.35. The summed E-state index contributed by atoms with van der Waals surface area (Å²) in [5.41, 5.74) is 2.24. The Bertz CT molecular complexity index is 1670. The average molecular weight is 666 g/mol. The van der Waals surface area contributed by atoms with Gasteiger partial charge >= 0.3 is 6.09 Å². The summed E-state index contributed by atoms with van der Waals surface area (Å²) in [6.45, 7) is 6.98. The van der Waals surface area contributed by atoms with Crippen LogP contribution in [0.15, 0.2) is 72.3 Å². The Balaban J connectivity index is 1.34. The van der Waals surface area contributed by atoms with Crippen LogP contribution < -0.4 is 4.74 Å². The van der Waals surface area contributed by atoms with Crippen LogP contribution >= 0.6 is 0 Å². The molecule has 4 atom stereocenters. The van der Waals surface area contributed by atoms with Crippen LogP contribution in [-0.4, -0.2) is 51.8 Å². The van der Waals surface area contributed by atoms with Gasteiger partial charge in [0.1, 0.15) is 5.75 Å². The van der Waals surface area contributed by atoms with E-state index in [1.807, 2.05) is 49.4 Å². The zero-order valence-electron chi connectivity index (χ0n) is 29.8. The minimum Gasteiger partial charge on any atom is -0.410 e. The van der Waals surface area contributed by atoms with E-state index in [1.54, 1.807) is 4.90 Å². The Morgan fingerprint density at radius 1 is 0.939 bits per heavy atom. The molecule has 0 heterocycles. The summed E-state index contributed by atoms with van der Waals surface area (Å²) < 4.78 is 5.96. The molecule has 2 saturated carbocycles. The molecule has 4 aliphatic rings. The number of carbonyl (C=O) groups excluding carboxylic acids is 2. The van der Waals surface area contributed by atoms with E-state index < -0.39 is 23.2 Å². The summed E-state index contributed by atoms with van der Waals surface area (Å²) in [5, 5.41) is 25.9. The second-order valence-corrected chi connectivity index (χ2v) is 15.4. The van der Waals surface area contributed by atoms with Crippen LogP contribution in [-0.2, 0) is 6.42 Å². The number of allylic oxidation sites excluding steroid dienone is 2. The van der Waals surface area contributed by atoms with Crippen molar-refractivity contribution in [2.45, 2.75) is 122 Å². The van der Waals surface area contributed by atoms with Crippen molar-refractivity contribution in [3.63, 3.8) is 0 Å². The Labute approximate surface area is 292 Å². The van der Waals surface area contributed by atoms with Gasteiger partial charge in [-0.1, -0.05) is 87.2 Å². The Morgan fingerprint density at radius 3 is 2.49 bits per heavy atom. The van der Waals surface area contributed by atoms with Gasteiger partial charge in [-0.2, -0.15) is 0 Å². The quantitative estimate of drug-likeness (QED) is 0.194. The number of hydrogen-bond donors (Lipinski definition) is 2. The number of aliphatic hydroxyl groups is 2. The number of ketones is 1. The fourth-order valence-corrected chi connectivity index (χ4v) is 9.01. The van der Waals surface area contributed by atoms with Gasteiger partial charge in [0, 0.05) is 23.4 Å². The maximum atomic E-state index is 14.3. The van der Waals surface area contributed by atoms with Gasteiger partial charge < -0.3 is 19.8 Å². The minimum atomic E-state index is -1.19. The van der Waals surface area contributed by atoms with E-state index in [0.717, 1.165) is 78.8 Å². The van der Waals surface area contributed by atoms with E-state index >= 15 is 0 Å². The van der Waals surface area contributed by atoms with Crippen LogP contribution in [0.4, 0.5) is 4.79 Å². The van der Waals surface area contributed by atoms with E-state index in [-0.39, 0.29) is 24.2 Å². The highest BCUT2D eigenvalue weighted by Gasteiger charge is 2.57. The third-order valence-corrected chi connectivity index (χ3v) is 12.0. The van der Waals surface area contributed by atoms with Crippen molar-refractivity contribution in [2.75, 3.05) is 13.1 Å². The van der Waals surface area contributed by atoms with Gasteiger partial charge in [0.2, 0.25) is 0 Å². The lowest BCUT2D eigenvalue weighted by molar-refractivity contribution is -0.0790. The highest BCUT2D eigenvalue weighted by Crippen LogP contribution is 2.59. The van der Waals surface area contributed by atoms with Gasteiger partial charge in [-0.3, -0.25) is 4.79 Å². The number of nitrogens with zero attached hydrogens (tertiary/aromatic N) is 1. The molecular formula is C43H55NO5. The maximum absolute atomic E-state index is 14.3. The number of fused-ring (bicyclic) bond motifs is 9. The van der Waals surface area contributed by atoms with E-state index in [2.05, 4.69) is 38.1 Å². The fraction of sp³-hybridized carbons (Fsp3) is 0.535. The smallest absolute Gasteiger partial charge is 0.410 e. The van der Waals surface area contributed by atoms with Crippen molar-refractivity contribution in [2.24, 2.45) is 11.3 Å². The molecule has 6 nitrogen and oxygen atoms in total. The first-order valence-electron chi connectivity index (χ1n) is 18.8. The Morgan fingerprint density at radius 2 is 1.71 bits per heavy atom. The highest BCUT2D eigenvalue weighted by molar-refractivity contribution is 5.99. The van der Waals surface area contributed by atoms with Crippen LogP contribution in [0.25, 0.3) is 10.8 Å². The largest absolute Gasteiger partial charge is 0.415 e. The third-order valence-electron chi connectivity index (χ3n) is 12.0. The second kappa shape index (κ2) is 15.2. The molecule has 0 spiro atoms. The molecule has 3 aromatic carbocycles. The molecule has 4 aliphatic carbocycles. The number of hydrogen-bond acceptors (Lipinski definition) is 5. The molecule has 262 valence electrons. The first-order chi connectivity index (χ1) is 23.6. The topological polar surface area (TPSA) is 87.1 Å². The maximum Gasteiger partial charge on any atom is 0.415 e. The van der Waals surface area contributed by atoms with Crippen molar-refractivity contribution in [1.82, 2.24) is 4.90 Å². The summed E-state index contributed by atoms with van der Waals surface area (Å²) in [5.74, 6) is 0.671. The van der Waals surface area contributed by atoms with Crippen molar-refractivity contribution in [3.05, 3.63) is 89.0 Å². The van der Waals surface area contributed by atoms with Crippen molar-refractivity contribution < 1.29 is 24.5 Å². The molecule has 2 bridgehead atoms. The van der Waals surface area contributed by atoms with Crippen LogP contribution in [0.3, 0.4) is 0 Å². The van der Waals surface area contributed by atoms with Crippen molar-refractivity contribution in [3.8, 4) is 5.75 Å². The molecule has 1 amide bonds. The zero-order valence-corrected chi connectivity index (χ0v) is 29.8. The molecule has 0 aromatic heterocycles. The molecule has 2 N–H and O–H groups in total. The normalized spacial score (nSPS) is 26.5. The molecule has 6 heteroatoms. The number of benzene rings is 3. The van der Waals surface area contributed by atoms with Crippen LogP contribution in [0.2, 0.25) is 0 Å². The second-order valence-electron chi connectivity index (χ2n) is 15.4. The molecule has 0 radical (unpaired) electrons. The molecule has 49 heavy (non-hydrogen) atoms. The van der Waals surface area contributed by atoms with Gasteiger partial charge in [0.05, 0.1) is 18.2 Å². The third kappa shape index (κ3) is 7.66. The molecule has 4 unspecified atom stereocenters. The lowest BCUT2D eigenvalue weighted by atomic mass is 9.64. The molecule has 7 rings (SSSR count). The van der Waals surface area contributed by atoms with Gasteiger partial charge in [0.25, 0.3) is 0 Å².